The molecule has 3 rings (SSSR count). The summed E-state index contributed by atoms with van der Waals surface area (Å²) in [6.45, 7) is 4.97. The van der Waals surface area contributed by atoms with E-state index in [2.05, 4.69) is 72.5 Å². The Morgan fingerprint density at radius 2 is 1.40 bits per heavy atom. The van der Waals surface area contributed by atoms with Crippen LogP contribution in [-0.2, 0) is 17.8 Å². The molecule has 0 N–H and O–H groups in total. The van der Waals surface area contributed by atoms with Gasteiger partial charge in [0.25, 0.3) is 0 Å². The van der Waals surface area contributed by atoms with E-state index < -0.39 is 0 Å². The number of hydrogen-bond donors (Lipinski definition) is 0. The number of benzene rings is 2. The van der Waals surface area contributed by atoms with E-state index in [1.807, 2.05) is 0 Å². The normalized spacial score (nSPS) is 21.7. The molecule has 0 amide bonds. The number of hydrogen-bond acceptors (Lipinski definition) is 2. The molecule has 104 valence electrons. The highest BCUT2D eigenvalue weighted by atomic mass is 16.5. The number of nitrogens with zero attached hydrogens (tertiary/aromatic N) is 1. The van der Waals surface area contributed by atoms with E-state index in [1.165, 1.54) is 11.1 Å². The first-order valence-corrected chi connectivity index (χ1v) is 7.26. The average Bonchev–Trinajstić information content (AvgIpc) is 2.48. The molecule has 0 saturated carbocycles. The zero-order chi connectivity index (χ0) is 13.8. The summed E-state index contributed by atoms with van der Waals surface area (Å²) in [7, 11) is 0. The van der Waals surface area contributed by atoms with Gasteiger partial charge in [-0.05, 0) is 18.1 Å². The quantitative estimate of drug-likeness (QED) is 0.822. The summed E-state index contributed by atoms with van der Waals surface area (Å²) in [5.74, 6) is 0. The highest BCUT2D eigenvalue weighted by Gasteiger charge is 2.33. The summed E-state index contributed by atoms with van der Waals surface area (Å²) in [4.78, 5) is 2.53. The van der Waals surface area contributed by atoms with Crippen molar-refractivity contribution in [3.05, 3.63) is 71.8 Å². The van der Waals surface area contributed by atoms with Gasteiger partial charge >= 0.3 is 0 Å². The number of rotatable bonds is 5. The lowest BCUT2D eigenvalue weighted by Crippen LogP contribution is -2.54. The molecule has 1 heterocycles. The van der Waals surface area contributed by atoms with Crippen molar-refractivity contribution in [1.29, 1.82) is 0 Å². The molecule has 1 fully saturated rings. The Morgan fingerprint density at radius 1 is 0.900 bits per heavy atom. The summed E-state index contributed by atoms with van der Waals surface area (Å²) in [6, 6.07) is 21.9. The van der Waals surface area contributed by atoms with Crippen LogP contribution in [0.2, 0.25) is 0 Å². The van der Waals surface area contributed by atoms with Crippen LogP contribution in [0.1, 0.15) is 18.1 Å². The molecule has 1 unspecified atom stereocenters. The fourth-order valence-electron chi connectivity index (χ4n) is 2.70. The van der Waals surface area contributed by atoms with Crippen molar-refractivity contribution < 1.29 is 4.74 Å². The summed E-state index contributed by atoms with van der Waals surface area (Å²) in [5, 5.41) is 0. The Balaban J connectivity index is 1.74. The Hall–Kier alpha value is -1.64. The molecular formula is C18H21NO. The van der Waals surface area contributed by atoms with Gasteiger partial charge in [0.05, 0.1) is 18.8 Å². The predicted molar refractivity (Wildman–Crippen MR) is 81.3 cm³/mol. The van der Waals surface area contributed by atoms with E-state index in [0.717, 1.165) is 19.7 Å². The lowest BCUT2D eigenvalue weighted by atomic mass is 10.0. The van der Waals surface area contributed by atoms with Gasteiger partial charge in [0.1, 0.15) is 0 Å². The van der Waals surface area contributed by atoms with Gasteiger partial charge < -0.3 is 4.74 Å². The van der Waals surface area contributed by atoms with Gasteiger partial charge in [0.15, 0.2) is 0 Å². The van der Waals surface area contributed by atoms with E-state index in [0.29, 0.717) is 12.1 Å². The lowest BCUT2D eigenvalue weighted by molar-refractivity contribution is -0.129. The first-order valence-electron chi connectivity index (χ1n) is 7.26. The minimum atomic E-state index is 0.336. The van der Waals surface area contributed by atoms with E-state index in [4.69, 9.17) is 4.74 Å². The van der Waals surface area contributed by atoms with Gasteiger partial charge in [-0.1, -0.05) is 60.7 Å². The zero-order valence-corrected chi connectivity index (χ0v) is 11.9. The first kappa shape index (κ1) is 13.3. The fourth-order valence-corrected chi connectivity index (χ4v) is 2.70. The smallest absolute Gasteiger partial charge is 0.0725 e. The topological polar surface area (TPSA) is 12.5 Å². The van der Waals surface area contributed by atoms with Crippen LogP contribution < -0.4 is 0 Å². The highest BCUT2D eigenvalue weighted by Crippen LogP contribution is 2.23. The van der Waals surface area contributed by atoms with Gasteiger partial charge in [0.2, 0.25) is 0 Å². The van der Waals surface area contributed by atoms with E-state index in [9.17, 15) is 0 Å². The predicted octanol–water partition coefficient (Wildman–Crippen LogP) is 3.48. The van der Waals surface area contributed by atoms with Crippen molar-refractivity contribution in [2.45, 2.75) is 32.2 Å². The fraction of sp³-hybridized carbons (Fsp3) is 0.333. The van der Waals surface area contributed by atoms with Gasteiger partial charge in [0, 0.05) is 13.1 Å². The maximum Gasteiger partial charge on any atom is 0.0725 e. The Bertz CT molecular complexity index is 484. The van der Waals surface area contributed by atoms with Gasteiger partial charge in [-0.25, -0.2) is 0 Å². The Labute approximate surface area is 121 Å². The van der Waals surface area contributed by atoms with Crippen molar-refractivity contribution in [1.82, 2.24) is 4.90 Å². The molecule has 0 bridgehead atoms. The molecule has 1 saturated heterocycles. The largest absolute Gasteiger partial charge is 0.375 e. The minimum Gasteiger partial charge on any atom is -0.375 e. The Kier molecular flexibility index (Phi) is 4.14. The molecule has 2 nitrogen and oxygen atoms in total. The van der Waals surface area contributed by atoms with E-state index in [-0.39, 0.29) is 0 Å². The molecule has 1 aliphatic rings. The van der Waals surface area contributed by atoms with Crippen LogP contribution in [0.25, 0.3) is 0 Å². The second-order valence-electron chi connectivity index (χ2n) is 5.48. The second-order valence-corrected chi connectivity index (χ2v) is 5.48. The molecule has 1 aliphatic heterocycles. The monoisotopic (exact) mass is 267 g/mol. The summed E-state index contributed by atoms with van der Waals surface area (Å²) in [6.07, 6.45) is 0.336. The third-order valence-electron chi connectivity index (χ3n) is 4.00. The van der Waals surface area contributed by atoms with Crippen LogP contribution in [0.3, 0.4) is 0 Å². The van der Waals surface area contributed by atoms with Crippen molar-refractivity contribution in [2.24, 2.45) is 0 Å². The molecule has 0 aliphatic carbocycles. The van der Waals surface area contributed by atoms with E-state index >= 15 is 0 Å². The zero-order valence-electron chi connectivity index (χ0n) is 11.9. The van der Waals surface area contributed by atoms with Crippen LogP contribution in [0, 0.1) is 0 Å². The summed E-state index contributed by atoms with van der Waals surface area (Å²) >= 11 is 0. The number of ether oxygens (including phenoxy) is 1. The van der Waals surface area contributed by atoms with Crippen LogP contribution in [0.4, 0.5) is 0 Å². The van der Waals surface area contributed by atoms with Gasteiger partial charge in [-0.15, -0.1) is 0 Å². The van der Waals surface area contributed by atoms with Crippen molar-refractivity contribution in [3.8, 4) is 0 Å². The third kappa shape index (κ3) is 3.09. The standard InChI is InChI=1S/C18H21NO/c1-15-18(14-20-15)19(12-16-8-4-2-5-9-16)13-17-10-6-3-7-11-17/h2-11,15,18H,12-14H2,1H3/t15-,18?/m1/s1. The minimum absolute atomic E-state index is 0.336. The molecule has 2 heteroatoms. The van der Waals surface area contributed by atoms with Crippen molar-refractivity contribution in [3.63, 3.8) is 0 Å². The van der Waals surface area contributed by atoms with Crippen LogP contribution in [0.5, 0.6) is 0 Å². The average molecular weight is 267 g/mol. The Morgan fingerprint density at radius 3 is 1.75 bits per heavy atom. The summed E-state index contributed by atoms with van der Waals surface area (Å²) < 4.78 is 5.56. The maximum atomic E-state index is 5.56. The third-order valence-corrected chi connectivity index (χ3v) is 4.00. The van der Waals surface area contributed by atoms with Crippen LogP contribution >= 0.6 is 0 Å². The SMILES string of the molecule is C[C@H]1OCC1N(Cc1ccccc1)Cc1ccccc1. The molecule has 2 aromatic rings. The van der Waals surface area contributed by atoms with Crippen LogP contribution in [0.15, 0.2) is 60.7 Å². The molecule has 2 atom stereocenters. The second kappa shape index (κ2) is 6.21. The van der Waals surface area contributed by atoms with Gasteiger partial charge in [-0.3, -0.25) is 4.90 Å². The van der Waals surface area contributed by atoms with Crippen molar-refractivity contribution in [2.75, 3.05) is 6.61 Å². The molecule has 20 heavy (non-hydrogen) atoms. The maximum absolute atomic E-state index is 5.56. The molecule has 0 radical (unpaired) electrons. The lowest BCUT2D eigenvalue weighted by Gasteiger charge is -2.42. The van der Waals surface area contributed by atoms with Gasteiger partial charge in [-0.2, -0.15) is 0 Å². The van der Waals surface area contributed by atoms with Crippen molar-refractivity contribution >= 4 is 0 Å². The molecule has 0 aromatic heterocycles. The highest BCUT2D eigenvalue weighted by molar-refractivity contribution is 5.17. The molecule has 0 spiro atoms. The van der Waals surface area contributed by atoms with Crippen LogP contribution in [-0.4, -0.2) is 23.7 Å². The first-order chi connectivity index (χ1) is 9.83. The summed E-state index contributed by atoms with van der Waals surface area (Å²) in [5.41, 5.74) is 2.73. The molecule has 2 aromatic carbocycles. The van der Waals surface area contributed by atoms with E-state index in [1.54, 1.807) is 0 Å². The molecular weight excluding hydrogens is 246 g/mol.